The molecule has 0 aliphatic heterocycles. The Morgan fingerprint density at radius 2 is 1.35 bits per heavy atom. The van der Waals surface area contributed by atoms with Gasteiger partial charge in [-0.05, 0) is 25.7 Å². The van der Waals surface area contributed by atoms with Crippen molar-refractivity contribution in [1.82, 2.24) is 9.55 Å². The molecule has 2 fully saturated rings. The number of hydrogen-bond acceptors (Lipinski definition) is 2. The minimum atomic E-state index is 0.612. The Kier molecular flexibility index (Phi) is 4.32. The van der Waals surface area contributed by atoms with Gasteiger partial charge in [-0.3, -0.25) is 0 Å². The average Bonchev–Trinajstić information content (AvgIpc) is 2.69. The van der Waals surface area contributed by atoms with Crippen LogP contribution in [-0.2, 0) is 7.05 Å². The first-order chi connectivity index (χ1) is 9.77. The largest absolute Gasteiger partial charge is 0.384 e. The molecular formula is C17H29N3. The summed E-state index contributed by atoms with van der Waals surface area (Å²) >= 11 is 0. The van der Waals surface area contributed by atoms with Crippen LogP contribution >= 0.6 is 0 Å². The van der Waals surface area contributed by atoms with Crippen molar-refractivity contribution in [2.45, 2.75) is 82.5 Å². The van der Waals surface area contributed by atoms with E-state index in [2.05, 4.69) is 11.6 Å². The van der Waals surface area contributed by atoms with Gasteiger partial charge in [-0.25, -0.2) is 4.98 Å². The average molecular weight is 275 g/mol. The second kappa shape index (κ2) is 6.19. The van der Waals surface area contributed by atoms with Gasteiger partial charge in [0.25, 0.3) is 0 Å². The van der Waals surface area contributed by atoms with Crippen molar-refractivity contribution < 1.29 is 0 Å². The Bertz CT molecular complexity index is 435. The standard InChI is InChI=1S/C17H29N3/c1-20-16(18)15(13-9-5-2-3-6-10-13)19-17(20)14-11-7-4-8-12-14/h13-14H,2-12,18H2,1H3. The summed E-state index contributed by atoms with van der Waals surface area (Å²) in [7, 11) is 2.12. The number of hydrogen-bond donors (Lipinski definition) is 1. The number of rotatable bonds is 2. The molecule has 0 radical (unpaired) electrons. The lowest BCUT2D eigenvalue weighted by Gasteiger charge is -2.21. The summed E-state index contributed by atoms with van der Waals surface area (Å²) in [6, 6.07) is 0. The van der Waals surface area contributed by atoms with Crippen LogP contribution in [-0.4, -0.2) is 9.55 Å². The number of nitrogens with zero attached hydrogens (tertiary/aromatic N) is 2. The third-order valence-corrected chi connectivity index (χ3v) is 5.41. The summed E-state index contributed by atoms with van der Waals surface area (Å²) in [6.07, 6.45) is 14.7. The molecule has 1 aromatic heterocycles. The maximum absolute atomic E-state index is 6.39. The van der Waals surface area contributed by atoms with E-state index in [9.17, 15) is 0 Å². The lowest BCUT2D eigenvalue weighted by atomic mass is 9.88. The van der Waals surface area contributed by atoms with Crippen LogP contribution in [0.2, 0.25) is 0 Å². The minimum Gasteiger partial charge on any atom is -0.384 e. The van der Waals surface area contributed by atoms with E-state index in [1.807, 2.05) is 0 Å². The Balaban J connectivity index is 1.84. The lowest BCUT2D eigenvalue weighted by Crippen LogP contribution is -2.11. The monoisotopic (exact) mass is 275 g/mol. The first-order valence-electron chi connectivity index (χ1n) is 8.59. The van der Waals surface area contributed by atoms with Crippen LogP contribution in [0.1, 0.15) is 94.0 Å². The molecule has 2 aliphatic rings. The Morgan fingerprint density at radius 3 is 1.95 bits per heavy atom. The molecule has 0 saturated heterocycles. The molecule has 20 heavy (non-hydrogen) atoms. The van der Waals surface area contributed by atoms with Crippen molar-refractivity contribution in [3.8, 4) is 0 Å². The first-order valence-corrected chi connectivity index (χ1v) is 8.59. The van der Waals surface area contributed by atoms with E-state index in [1.54, 1.807) is 0 Å². The van der Waals surface area contributed by atoms with Gasteiger partial charge in [0.05, 0.1) is 5.69 Å². The molecular weight excluding hydrogens is 246 g/mol. The number of nitrogens with two attached hydrogens (primary N) is 1. The van der Waals surface area contributed by atoms with Crippen LogP contribution in [0, 0.1) is 0 Å². The summed E-state index contributed by atoms with van der Waals surface area (Å²) in [5.41, 5.74) is 7.61. The predicted octanol–water partition coefficient (Wildman–Crippen LogP) is 4.49. The highest BCUT2D eigenvalue weighted by Gasteiger charge is 2.26. The summed E-state index contributed by atoms with van der Waals surface area (Å²) in [5, 5.41) is 0. The van der Waals surface area contributed by atoms with Gasteiger partial charge < -0.3 is 10.3 Å². The molecule has 3 rings (SSSR count). The number of nitrogen functional groups attached to an aromatic ring is 1. The molecule has 2 saturated carbocycles. The van der Waals surface area contributed by atoms with Gasteiger partial charge in [-0.2, -0.15) is 0 Å². The van der Waals surface area contributed by atoms with Crippen LogP contribution in [0.25, 0.3) is 0 Å². The predicted molar refractivity (Wildman–Crippen MR) is 83.9 cm³/mol. The lowest BCUT2D eigenvalue weighted by molar-refractivity contribution is 0.421. The minimum absolute atomic E-state index is 0.612. The summed E-state index contributed by atoms with van der Waals surface area (Å²) in [4.78, 5) is 5.04. The fraction of sp³-hybridized carbons (Fsp3) is 0.824. The topological polar surface area (TPSA) is 43.8 Å². The van der Waals surface area contributed by atoms with Gasteiger partial charge in [0.2, 0.25) is 0 Å². The quantitative estimate of drug-likeness (QED) is 0.808. The van der Waals surface area contributed by atoms with Crippen molar-refractivity contribution in [3.63, 3.8) is 0 Å². The summed E-state index contributed by atoms with van der Waals surface area (Å²) < 4.78 is 2.19. The fourth-order valence-corrected chi connectivity index (χ4v) is 4.13. The van der Waals surface area contributed by atoms with Crippen molar-refractivity contribution >= 4 is 5.82 Å². The van der Waals surface area contributed by atoms with Crippen LogP contribution in [0.15, 0.2) is 0 Å². The third kappa shape index (κ3) is 2.72. The number of aromatic nitrogens is 2. The summed E-state index contributed by atoms with van der Waals surface area (Å²) in [6.45, 7) is 0. The Morgan fingerprint density at radius 1 is 0.850 bits per heavy atom. The Hall–Kier alpha value is -0.990. The van der Waals surface area contributed by atoms with Crippen LogP contribution in [0.5, 0.6) is 0 Å². The molecule has 112 valence electrons. The second-order valence-electron chi connectivity index (χ2n) is 6.82. The van der Waals surface area contributed by atoms with Gasteiger partial charge in [-0.1, -0.05) is 44.9 Å². The van der Waals surface area contributed by atoms with E-state index in [-0.39, 0.29) is 0 Å². The molecule has 2 aliphatic carbocycles. The highest BCUT2D eigenvalue weighted by Crippen LogP contribution is 2.38. The van der Waals surface area contributed by atoms with Gasteiger partial charge in [0.1, 0.15) is 11.6 Å². The van der Waals surface area contributed by atoms with E-state index in [0.29, 0.717) is 11.8 Å². The van der Waals surface area contributed by atoms with E-state index in [1.165, 1.54) is 82.1 Å². The van der Waals surface area contributed by atoms with E-state index in [4.69, 9.17) is 10.7 Å². The molecule has 3 heteroatoms. The van der Waals surface area contributed by atoms with Gasteiger partial charge in [-0.15, -0.1) is 0 Å². The molecule has 0 bridgehead atoms. The van der Waals surface area contributed by atoms with Crippen molar-refractivity contribution in [2.24, 2.45) is 7.05 Å². The molecule has 3 nitrogen and oxygen atoms in total. The third-order valence-electron chi connectivity index (χ3n) is 5.41. The van der Waals surface area contributed by atoms with Gasteiger partial charge in [0.15, 0.2) is 0 Å². The molecule has 0 unspecified atom stereocenters. The van der Waals surface area contributed by atoms with Crippen LogP contribution in [0.3, 0.4) is 0 Å². The highest BCUT2D eigenvalue weighted by molar-refractivity contribution is 5.41. The normalized spacial score (nSPS) is 22.9. The fourth-order valence-electron chi connectivity index (χ4n) is 4.13. The molecule has 1 heterocycles. The molecule has 0 spiro atoms. The number of imidazole rings is 1. The first kappa shape index (κ1) is 14.0. The molecule has 1 aromatic rings. The summed E-state index contributed by atoms with van der Waals surface area (Å²) in [5.74, 6) is 3.47. The van der Waals surface area contributed by atoms with Crippen LogP contribution < -0.4 is 5.73 Å². The zero-order valence-electron chi connectivity index (χ0n) is 12.9. The zero-order chi connectivity index (χ0) is 13.9. The second-order valence-corrected chi connectivity index (χ2v) is 6.82. The SMILES string of the molecule is Cn1c(C2CCCCC2)nc(C2CCCCCC2)c1N. The Labute approximate surface area is 123 Å². The van der Waals surface area contributed by atoms with Crippen molar-refractivity contribution in [1.29, 1.82) is 0 Å². The molecule has 2 N–H and O–H groups in total. The van der Waals surface area contributed by atoms with Gasteiger partial charge >= 0.3 is 0 Å². The maximum atomic E-state index is 6.39. The maximum Gasteiger partial charge on any atom is 0.126 e. The molecule has 0 atom stereocenters. The zero-order valence-corrected chi connectivity index (χ0v) is 12.9. The van der Waals surface area contributed by atoms with Crippen molar-refractivity contribution in [3.05, 3.63) is 11.5 Å². The smallest absolute Gasteiger partial charge is 0.126 e. The van der Waals surface area contributed by atoms with Crippen molar-refractivity contribution in [2.75, 3.05) is 5.73 Å². The van der Waals surface area contributed by atoms with E-state index in [0.717, 1.165) is 5.82 Å². The van der Waals surface area contributed by atoms with E-state index < -0.39 is 0 Å². The van der Waals surface area contributed by atoms with Gasteiger partial charge in [0, 0.05) is 18.9 Å². The molecule has 0 aromatic carbocycles. The van der Waals surface area contributed by atoms with E-state index >= 15 is 0 Å². The highest BCUT2D eigenvalue weighted by atomic mass is 15.1. The molecule has 0 amide bonds. The van der Waals surface area contributed by atoms with Crippen LogP contribution in [0.4, 0.5) is 5.82 Å². The number of anilines is 1.